The van der Waals surface area contributed by atoms with Crippen LogP contribution in [0.2, 0.25) is 0 Å². The first-order valence-electron chi connectivity index (χ1n) is 16.6. The van der Waals surface area contributed by atoms with Crippen LogP contribution in [-0.2, 0) is 11.2 Å². The lowest BCUT2D eigenvalue weighted by atomic mass is 9.89. The van der Waals surface area contributed by atoms with Crippen LogP contribution in [0.1, 0.15) is 57.4 Å². The molecule has 246 valence electrons. The highest BCUT2D eigenvalue weighted by molar-refractivity contribution is 6.02. The van der Waals surface area contributed by atoms with E-state index in [4.69, 9.17) is 15.5 Å². The molecule has 1 amide bonds. The van der Waals surface area contributed by atoms with Gasteiger partial charge in [-0.1, -0.05) is 13.0 Å². The number of phenols is 1. The highest BCUT2D eigenvalue weighted by Gasteiger charge is 2.50. The van der Waals surface area contributed by atoms with Crippen molar-refractivity contribution in [2.45, 2.75) is 82.1 Å². The van der Waals surface area contributed by atoms with Crippen molar-refractivity contribution in [1.82, 2.24) is 19.9 Å². The van der Waals surface area contributed by atoms with Crippen LogP contribution in [0, 0.1) is 17.6 Å². The van der Waals surface area contributed by atoms with Crippen molar-refractivity contribution in [1.29, 1.82) is 0 Å². The largest absolute Gasteiger partial charge is 0.508 e. The third kappa shape index (κ3) is 4.77. The molecule has 2 aromatic carbocycles. The van der Waals surface area contributed by atoms with Crippen LogP contribution < -0.4 is 15.4 Å². The summed E-state index contributed by atoms with van der Waals surface area (Å²) in [6, 6.07) is 5.60. The van der Waals surface area contributed by atoms with E-state index in [1.807, 2.05) is 6.92 Å². The summed E-state index contributed by atoms with van der Waals surface area (Å²) in [6.45, 7) is 3.13. The Morgan fingerprint density at radius 1 is 1.17 bits per heavy atom. The van der Waals surface area contributed by atoms with E-state index in [1.165, 1.54) is 24.4 Å². The zero-order chi connectivity index (χ0) is 32.6. The first-order valence-corrected chi connectivity index (χ1v) is 16.6. The van der Waals surface area contributed by atoms with Crippen LogP contribution >= 0.6 is 0 Å². The van der Waals surface area contributed by atoms with Gasteiger partial charge in [0.15, 0.2) is 5.82 Å². The minimum absolute atomic E-state index is 0.0443. The zero-order valence-corrected chi connectivity index (χ0v) is 26.2. The van der Waals surface area contributed by atoms with E-state index in [2.05, 4.69) is 19.8 Å². The summed E-state index contributed by atoms with van der Waals surface area (Å²) < 4.78 is 52.8. The Balaban J connectivity index is 1.30. The number of hydrogen-bond donors (Lipinski definition) is 2. The molecular weight excluding hydrogens is 609 g/mol. The lowest BCUT2D eigenvalue weighted by Crippen LogP contribution is -2.49. The maximum absolute atomic E-state index is 17.0. The second-order valence-corrected chi connectivity index (χ2v) is 13.6. The van der Waals surface area contributed by atoms with E-state index in [9.17, 15) is 18.7 Å². The fraction of sp³-hybridized carbons (Fsp3) is 0.486. The van der Waals surface area contributed by atoms with Crippen LogP contribution in [-0.4, -0.2) is 74.4 Å². The highest BCUT2D eigenvalue weighted by Crippen LogP contribution is 2.46. The Hall–Kier alpha value is -4.19. The number of pyridine rings is 1. The van der Waals surface area contributed by atoms with Crippen molar-refractivity contribution in [3.8, 4) is 23.0 Å². The van der Waals surface area contributed by atoms with E-state index in [1.54, 1.807) is 6.07 Å². The molecule has 4 saturated heterocycles. The van der Waals surface area contributed by atoms with E-state index in [0.29, 0.717) is 53.3 Å². The van der Waals surface area contributed by atoms with Gasteiger partial charge in [0.1, 0.15) is 41.4 Å². The van der Waals surface area contributed by atoms with Gasteiger partial charge in [-0.05, 0) is 86.0 Å². The van der Waals surface area contributed by atoms with Gasteiger partial charge in [-0.25, -0.2) is 13.2 Å². The summed E-state index contributed by atoms with van der Waals surface area (Å²) in [4.78, 5) is 30.6. The van der Waals surface area contributed by atoms with E-state index < -0.39 is 23.3 Å². The molecule has 6 heterocycles. The number of rotatable bonds is 7. The Kier molecular flexibility index (Phi) is 7.19. The number of aryl methyl sites for hydroxylation is 1. The molecule has 4 fully saturated rings. The van der Waals surface area contributed by atoms with Gasteiger partial charge in [-0.3, -0.25) is 14.7 Å². The molecule has 9 nitrogen and oxygen atoms in total. The second-order valence-electron chi connectivity index (χ2n) is 13.6. The molecule has 3 N–H and O–H groups in total. The number of halogens is 3. The van der Waals surface area contributed by atoms with Crippen molar-refractivity contribution in [2.75, 3.05) is 24.6 Å². The van der Waals surface area contributed by atoms with E-state index >= 15 is 4.39 Å². The summed E-state index contributed by atoms with van der Waals surface area (Å²) in [6.07, 6.45) is 5.97. The first-order chi connectivity index (χ1) is 22.7. The fourth-order valence-corrected chi connectivity index (χ4v) is 8.97. The maximum atomic E-state index is 17.0. The van der Waals surface area contributed by atoms with E-state index in [-0.39, 0.29) is 59.0 Å². The van der Waals surface area contributed by atoms with Gasteiger partial charge in [-0.15, -0.1) is 0 Å². The number of piperidine rings is 1. The van der Waals surface area contributed by atoms with Crippen molar-refractivity contribution in [2.24, 2.45) is 11.7 Å². The molecule has 0 radical (unpaired) electrons. The average Bonchev–Trinajstić information content (AvgIpc) is 3.67. The van der Waals surface area contributed by atoms with Crippen molar-refractivity contribution >= 4 is 33.4 Å². The highest BCUT2D eigenvalue weighted by atomic mass is 19.1. The van der Waals surface area contributed by atoms with Gasteiger partial charge >= 0.3 is 6.01 Å². The molecule has 4 aliphatic rings. The summed E-state index contributed by atoms with van der Waals surface area (Å²) >= 11 is 0. The zero-order valence-electron chi connectivity index (χ0n) is 26.2. The Labute approximate surface area is 269 Å². The number of benzene rings is 2. The van der Waals surface area contributed by atoms with Crippen LogP contribution in [0.5, 0.6) is 11.8 Å². The molecule has 2 bridgehead atoms. The molecule has 0 aliphatic carbocycles. The molecule has 5 atom stereocenters. The van der Waals surface area contributed by atoms with Crippen LogP contribution in [0.15, 0.2) is 30.5 Å². The normalized spacial score (nSPS) is 27.2. The van der Waals surface area contributed by atoms with Gasteiger partial charge in [0, 0.05) is 36.8 Å². The van der Waals surface area contributed by atoms with Crippen LogP contribution in [0.25, 0.3) is 32.9 Å². The molecular formula is C35H37F3N6O3. The third-order valence-corrected chi connectivity index (χ3v) is 11.1. The smallest absolute Gasteiger partial charge is 0.319 e. The van der Waals surface area contributed by atoms with Crippen LogP contribution in [0.3, 0.4) is 0 Å². The summed E-state index contributed by atoms with van der Waals surface area (Å²) in [5.41, 5.74) is 5.85. The molecule has 0 saturated carbocycles. The second kappa shape index (κ2) is 11.2. The number of ether oxygens (including phenoxy) is 1. The minimum atomic E-state index is -0.942. The number of primary amides is 1. The average molecular weight is 647 g/mol. The molecule has 2 aromatic heterocycles. The van der Waals surface area contributed by atoms with Crippen molar-refractivity contribution in [3.63, 3.8) is 0 Å². The molecule has 4 aromatic rings. The number of nitrogens with zero attached hydrogens (tertiary/aromatic N) is 5. The number of alkyl halides is 1. The molecule has 8 rings (SSSR count). The summed E-state index contributed by atoms with van der Waals surface area (Å²) in [5.74, 6) is -1.65. The van der Waals surface area contributed by atoms with Crippen LogP contribution in [0.4, 0.5) is 19.0 Å². The Morgan fingerprint density at radius 2 is 2.00 bits per heavy atom. The number of hydrogen-bond acceptors (Lipinski definition) is 8. The quantitative estimate of drug-likeness (QED) is 0.267. The molecule has 4 aliphatic heterocycles. The number of carbonyl (C=O) groups is 1. The van der Waals surface area contributed by atoms with Gasteiger partial charge in [0.2, 0.25) is 5.91 Å². The number of anilines is 1. The van der Waals surface area contributed by atoms with Gasteiger partial charge < -0.3 is 20.5 Å². The minimum Gasteiger partial charge on any atom is -0.508 e. The van der Waals surface area contributed by atoms with Gasteiger partial charge in [0.05, 0.1) is 16.8 Å². The monoisotopic (exact) mass is 646 g/mol. The number of fused-ring (bicyclic) bond motifs is 5. The summed E-state index contributed by atoms with van der Waals surface area (Å²) in [5, 5.41) is 12.0. The Bertz CT molecular complexity index is 1930. The number of amides is 1. The van der Waals surface area contributed by atoms with Crippen molar-refractivity contribution < 1.29 is 27.8 Å². The molecule has 47 heavy (non-hydrogen) atoms. The Morgan fingerprint density at radius 3 is 2.81 bits per heavy atom. The molecule has 0 spiro atoms. The number of phenolic OH excluding ortho intramolecular Hbond substituents is 1. The van der Waals surface area contributed by atoms with Gasteiger partial charge in [0.25, 0.3) is 0 Å². The number of aromatic nitrogens is 3. The lowest BCUT2D eigenvalue weighted by Gasteiger charge is -2.40. The number of aromatic hydroxyl groups is 1. The number of nitrogens with two attached hydrogens (primary N) is 1. The molecule has 12 heteroatoms. The lowest BCUT2D eigenvalue weighted by molar-refractivity contribution is -0.122. The summed E-state index contributed by atoms with van der Waals surface area (Å²) in [7, 11) is 0. The predicted molar refractivity (Wildman–Crippen MR) is 171 cm³/mol. The predicted octanol–water partition coefficient (Wildman–Crippen LogP) is 5.58. The topological polar surface area (TPSA) is 118 Å². The van der Waals surface area contributed by atoms with Gasteiger partial charge in [-0.2, -0.15) is 9.97 Å². The first kappa shape index (κ1) is 30.2. The third-order valence-electron chi connectivity index (χ3n) is 11.1. The molecule has 1 unspecified atom stereocenters. The SMILES string of the molecule is CCc1c(F)ccc2cc(O)cc(-c3ncc4c(N5[C@H]6CCC(C(N)=O)[C@@H]5CC6)nc(OC[C@@]56CCCN5C[C@H](F)C6)nc4c3F)c12. The fourth-order valence-electron chi connectivity index (χ4n) is 8.97. The van der Waals surface area contributed by atoms with Crippen molar-refractivity contribution in [3.05, 3.63) is 47.7 Å². The number of carbonyl (C=O) groups excluding carboxylic acids is 1. The standard InChI is InChI=1S/C35H37F3N6O3/c1-2-22-26(37)8-4-18-12-21(45)13-24(28(18)22)30-29(38)31-25(15-40-30)33(44-20-5-7-23(32(39)46)27(44)9-6-20)42-34(41-31)47-17-35-10-3-11-43(35)16-19(36)14-35/h4,8,12-13,15,19-20,23,27,45H,2-3,5-7,9-11,14,16-17H2,1H3,(H2,39,46)/t19-,20+,23?,27+,35+/m1/s1. The maximum Gasteiger partial charge on any atom is 0.319 e. The van der Waals surface area contributed by atoms with E-state index in [0.717, 1.165) is 38.6 Å².